The highest BCUT2D eigenvalue weighted by atomic mass is 16.6. The molecule has 2 aliphatic heterocycles. The molecule has 0 aromatic heterocycles. The third-order valence-electron chi connectivity index (χ3n) is 7.87. The fraction of sp³-hybridized carbons (Fsp3) is 0.467. The maximum absolute atomic E-state index is 13.7. The van der Waals surface area contributed by atoms with E-state index in [1.807, 2.05) is 60.7 Å². The molecule has 0 N–H and O–H groups in total. The number of cyclic esters (lactones) is 2. The summed E-state index contributed by atoms with van der Waals surface area (Å²) < 4.78 is 11.2. The van der Waals surface area contributed by atoms with E-state index < -0.39 is 59.1 Å². The molecule has 4 amide bonds. The first kappa shape index (κ1) is 27.4. The van der Waals surface area contributed by atoms with Crippen molar-refractivity contribution in [1.29, 1.82) is 0 Å². The maximum Gasteiger partial charge on any atom is 0.417 e. The minimum absolute atomic E-state index is 0.423. The lowest BCUT2D eigenvalue weighted by molar-refractivity contribution is -0.143. The molecule has 4 atom stereocenters. The summed E-state index contributed by atoms with van der Waals surface area (Å²) in [5.74, 6) is -2.77. The van der Waals surface area contributed by atoms with Crippen molar-refractivity contribution < 1.29 is 28.7 Å². The van der Waals surface area contributed by atoms with E-state index in [9.17, 15) is 19.2 Å². The van der Waals surface area contributed by atoms with Crippen LogP contribution in [0.3, 0.4) is 0 Å². The van der Waals surface area contributed by atoms with Gasteiger partial charge in [-0.3, -0.25) is 9.59 Å². The summed E-state index contributed by atoms with van der Waals surface area (Å²) in [7, 11) is 0. The molecule has 4 rings (SSSR count). The smallest absolute Gasteiger partial charge is 0.417 e. The zero-order valence-corrected chi connectivity index (χ0v) is 22.8. The predicted molar refractivity (Wildman–Crippen MR) is 141 cm³/mol. The van der Waals surface area contributed by atoms with Gasteiger partial charge in [-0.25, -0.2) is 19.4 Å². The molecule has 2 heterocycles. The Balaban J connectivity index is 1.56. The van der Waals surface area contributed by atoms with Crippen LogP contribution < -0.4 is 0 Å². The van der Waals surface area contributed by atoms with Crippen LogP contribution in [-0.2, 0) is 31.9 Å². The summed E-state index contributed by atoms with van der Waals surface area (Å²) >= 11 is 0. The third-order valence-corrected chi connectivity index (χ3v) is 7.87. The van der Waals surface area contributed by atoms with Crippen molar-refractivity contribution in [3.05, 3.63) is 71.8 Å². The quantitative estimate of drug-likeness (QED) is 0.510. The zero-order valence-electron chi connectivity index (χ0n) is 22.8. The van der Waals surface area contributed by atoms with E-state index in [-0.39, 0.29) is 0 Å². The van der Waals surface area contributed by atoms with Gasteiger partial charge in [-0.15, -0.1) is 0 Å². The molecule has 8 heteroatoms. The second-order valence-corrected chi connectivity index (χ2v) is 11.3. The van der Waals surface area contributed by atoms with E-state index in [1.165, 1.54) is 0 Å². The Bertz CT molecular complexity index is 1110. The summed E-state index contributed by atoms with van der Waals surface area (Å²) in [4.78, 5) is 55.5. The summed E-state index contributed by atoms with van der Waals surface area (Å²) in [5, 5.41) is 0. The van der Waals surface area contributed by atoms with E-state index in [0.29, 0.717) is 12.8 Å². The monoisotopic (exact) mass is 520 g/mol. The summed E-state index contributed by atoms with van der Waals surface area (Å²) in [6, 6.07) is 18.1. The summed E-state index contributed by atoms with van der Waals surface area (Å²) in [5.41, 5.74) is 0.117. The van der Waals surface area contributed by atoms with Crippen molar-refractivity contribution in [2.24, 2.45) is 11.8 Å². The number of rotatable bonds is 7. The highest BCUT2D eigenvalue weighted by Gasteiger charge is 2.54. The Morgan fingerprint density at radius 2 is 1.00 bits per heavy atom. The first-order valence-corrected chi connectivity index (χ1v) is 13.0. The number of amides is 4. The number of benzene rings is 2. The summed E-state index contributed by atoms with van der Waals surface area (Å²) in [6.07, 6.45) is -0.606. The van der Waals surface area contributed by atoms with Crippen LogP contribution in [0.15, 0.2) is 60.7 Å². The van der Waals surface area contributed by atoms with Crippen LogP contribution in [-0.4, -0.2) is 57.1 Å². The van der Waals surface area contributed by atoms with Gasteiger partial charge in [0, 0.05) is 11.8 Å². The lowest BCUT2D eigenvalue weighted by Crippen LogP contribution is -2.52. The second kappa shape index (κ2) is 10.2. The fourth-order valence-electron chi connectivity index (χ4n) is 5.26. The molecule has 38 heavy (non-hydrogen) atoms. The standard InChI is InChI=1S/C30H36N2O6/c1-19(25(33)31-23(29(3,4)37-27(31)35)17-21-13-9-7-10-14-21)20(2)26(34)32-24(30(5,6)38-28(32)36)18-22-15-11-8-12-16-22/h7-16,19-20,23-24H,17-18H2,1-6H3/t19?,20?,23-,24-/m0/s1. The van der Waals surface area contributed by atoms with Gasteiger partial charge in [0.2, 0.25) is 11.8 Å². The topological polar surface area (TPSA) is 93.2 Å². The van der Waals surface area contributed by atoms with Crippen LogP contribution in [0.2, 0.25) is 0 Å². The summed E-state index contributed by atoms with van der Waals surface area (Å²) in [6.45, 7) is 10.3. The Hall–Kier alpha value is -3.68. The Morgan fingerprint density at radius 1 is 0.684 bits per heavy atom. The van der Waals surface area contributed by atoms with E-state index in [2.05, 4.69) is 0 Å². The van der Waals surface area contributed by atoms with Crippen molar-refractivity contribution in [2.45, 2.75) is 77.7 Å². The van der Waals surface area contributed by atoms with Gasteiger partial charge in [0.25, 0.3) is 0 Å². The van der Waals surface area contributed by atoms with E-state index in [1.54, 1.807) is 41.5 Å². The molecule has 0 saturated carbocycles. The highest BCUT2D eigenvalue weighted by Crippen LogP contribution is 2.36. The second-order valence-electron chi connectivity index (χ2n) is 11.3. The largest absolute Gasteiger partial charge is 0.441 e. The Morgan fingerprint density at radius 3 is 1.32 bits per heavy atom. The molecule has 202 valence electrons. The number of ether oxygens (including phenoxy) is 2. The van der Waals surface area contributed by atoms with Crippen LogP contribution in [0.4, 0.5) is 9.59 Å². The minimum Gasteiger partial charge on any atom is -0.441 e. The number of carbonyl (C=O) groups is 4. The number of hydrogen-bond acceptors (Lipinski definition) is 6. The minimum atomic E-state index is -0.904. The zero-order chi connectivity index (χ0) is 27.8. The number of hydrogen-bond donors (Lipinski definition) is 0. The Labute approximate surface area is 223 Å². The lowest BCUT2D eigenvalue weighted by Gasteiger charge is -2.32. The molecule has 8 nitrogen and oxygen atoms in total. The van der Waals surface area contributed by atoms with Gasteiger partial charge < -0.3 is 9.47 Å². The van der Waals surface area contributed by atoms with Gasteiger partial charge in [-0.2, -0.15) is 0 Å². The van der Waals surface area contributed by atoms with Gasteiger partial charge >= 0.3 is 12.2 Å². The first-order chi connectivity index (χ1) is 17.8. The molecule has 2 fully saturated rings. The highest BCUT2D eigenvalue weighted by molar-refractivity contribution is 6.00. The molecule has 0 bridgehead atoms. The van der Waals surface area contributed by atoms with E-state index in [0.717, 1.165) is 20.9 Å². The van der Waals surface area contributed by atoms with Crippen molar-refractivity contribution in [1.82, 2.24) is 9.80 Å². The lowest BCUT2D eigenvalue weighted by atomic mass is 9.87. The SMILES string of the molecule is CC(C(=O)N1C(=O)OC(C)(C)[C@@H]1Cc1ccccc1)C(C)C(=O)N1C(=O)OC(C)(C)[C@@H]1Cc1ccccc1. The van der Waals surface area contributed by atoms with Crippen LogP contribution in [0.1, 0.15) is 52.7 Å². The molecular weight excluding hydrogens is 484 g/mol. The normalized spacial score (nSPS) is 23.5. The van der Waals surface area contributed by atoms with Crippen molar-refractivity contribution in [2.75, 3.05) is 0 Å². The van der Waals surface area contributed by atoms with Gasteiger partial charge in [0.1, 0.15) is 11.2 Å². The molecule has 2 aliphatic rings. The van der Waals surface area contributed by atoms with Crippen molar-refractivity contribution >= 4 is 24.0 Å². The van der Waals surface area contributed by atoms with Crippen LogP contribution in [0.5, 0.6) is 0 Å². The molecule has 2 unspecified atom stereocenters. The van der Waals surface area contributed by atoms with E-state index >= 15 is 0 Å². The van der Waals surface area contributed by atoms with Gasteiger partial charge in [0.15, 0.2) is 0 Å². The van der Waals surface area contributed by atoms with E-state index in [4.69, 9.17) is 9.47 Å². The Kier molecular flexibility index (Phi) is 7.37. The van der Waals surface area contributed by atoms with Crippen LogP contribution in [0.25, 0.3) is 0 Å². The first-order valence-electron chi connectivity index (χ1n) is 13.0. The maximum atomic E-state index is 13.7. The molecule has 2 aromatic rings. The third kappa shape index (κ3) is 5.17. The predicted octanol–water partition coefficient (Wildman–Crippen LogP) is 5.00. The average Bonchev–Trinajstić information content (AvgIpc) is 3.23. The molecule has 0 spiro atoms. The van der Waals surface area contributed by atoms with Crippen molar-refractivity contribution in [3.63, 3.8) is 0 Å². The number of carbonyl (C=O) groups excluding carboxylic acids is 4. The van der Waals surface area contributed by atoms with Crippen LogP contribution in [0, 0.1) is 11.8 Å². The average molecular weight is 521 g/mol. The van der Waals surface area contributed by atoms with Crippen molar-refractivity contribution in [3.8, 4) is 0 Å². The molecule has 0 radical (unpaired) electrons. The van der Waals surface area contributed by atoms with Gasteiger partial charge in [0.05, 0.1) is 12.1 Å². The molecule has 2 saturated heterocycles. The van der Waals surface area contributed by atoms with Gasteiger partial charge in [-0.05, 0) is 51.7 Å². The number of imide groups is 2. The molecule has 0 aliphatic carbocycles. The fourth-order valence-corrected chi connectivity index (χ4v) is 5.26. The number of nitrogens with zero attached hydrogens (tertiary/aromatic N) is 2. The molecule has 2 aromatic carbocycles. The molecular formula is C30H36N2O6. The van der Waals surface area contributed by atoms with Gasteiger partial charge in [-0.1, -0.05) is 74.5 Å². The van der Waals surface area contributed by atoms with Crippen LogP contribution >= 0.6 is 0 Å².